The first-order valence-corrected chi connectivity index (χ1v) is 4.51. The molecule has 0 spiro atoms. The third-order valence-electron chi connectivity index (χ3n) is 1.31. The van der Waals surface area contributed by atoms with Crippen LogP contribution < -0.4 is 0 Å². The molecule has 0 saturated carbocycles. The van der Waals surface area contributed by atoms with Crippen LogP contribution in [0.5, 0.6) is 0 Å². The van der Waals surface area contributed by atoms with Gasteiger partial charge in [0.1, 0.15) is 9.92 Å². The van der Waals surface area contributed by atoms with E-state index in [2.05, 4.69) is 0 Å². The molecular weight excluding hydrogens is 218 g/mol. The van der Waals surface area contributed by atoms with Crippen LogP contribution in [-0.2, 0) is 11.1 Å². The average Bonchev–Trinajstić information content (AvgIpc) is 2.02. The van der Waals surface area contributed by atoms with Crippen LogP contribution in [0.4, 0.5) is 5.69 Å². The van der Waals surface area contributed by atoms with Crippen LogP contribution in [0.3, 0.4) is 0 Å². The molecule has 0 aliphatic carbocycles. The molecule has 0 saturated heterocycles. The van der Waals surface area contributed by atoms with Crippen molar-refractivity contribution >= 4 is 28.4 Å². The fraction of sp³-hybridized carbons (Fsp3) is 0. The number of halogens is 1. The van der Waals surface area contributed by atoms with Crippen LogP contribution in [0.15, 0.2) is 23.1 Å². The molecule has 70 valence electrons. The summed E-state index contributed by atoms with van der Waals surface area (Å²) < 4.78 is 21.0. The first kappa shape index (κ1) is 10.1. The standard InChI is InChI=1S/C6H4ClNO4S/c7-4-2-1-3-5(13(11)12)6(4)8(9)10/h1-3H,(H,11,12)/p-1. The lowest BCUT2D eigenvalue weighted by molar-refractivity contribution is -0.387. The SMILES string of the molecule is O=[N+]([O-])c1c(Cl)cccc1S(=O)[O-]. The summed E-state index contributed by atoms with van der Waals surface area (Å²) in [5, 5.41) is 10.2. The molecular formula is C6H3ClNO4S-. The highest BCUT2D eigenvalue weighted by Crippen LogP contribution is 2.29. The Bertz CT molecular complexity index is 381. The second-order valence-corrected chi connectivity index (χ2v) is 3.39. The lowest BCUT2D eigenvalue weighted by Gasteiger charge is -2.05. The zero-order chi connectivity index (χ0) is 10.0. The molecule has 1 unspecified atom stereocenters. The first-order valence-electron chi connectivity index (χ1n) is 3.06. The molecule has 0 radical (unpaired) electrons. The molecule has 0 aliphatic rings. The maximum absolute atomic E-state index is 10.5. The molecule has 0 bridgehead atoms. The Morgan fingerprint density at radius 3 is 2.46 bits per heavy atom. The highest BCUT2D eigenvalue weighted by atomic mass is 35.5. The van der Waals surface area contributed by atoms with E-state index in [-0.39, 0.29) is 5.02 Å². The Hall–Kier alpha value is -0.980. The van der Waals surface area contributed by atoms with Crippen molar-refractivity contribution in [3.8, 4) is 0 Å². The number of nitrogens with zero attached hydrogens (tertiary/aromatic N) is 1. The van der Waals surface area contributed by atoms with Crippen LogP contribution in [0.1, 0.15) is 0 Å². The normalized spacial score (nSPS) is 12.5. The van der Waals surface area contributed by atoms with E-state index in [0.717, 1.165) is 6.07 Å². The van der Waals surface area contributed by atoms with Crippen molar-refractivity contribution in [1.29, 1.82) is 0 Å². The van der Waals surface area contributed by atoms with Crippen LogP contribution in [0.25, 0.3) is 0 Å². The van der Waals surface area contributed by atoms with E-state index in [9.17, 15) is 18.9 Å². The predicted octanol–water partition coefficient (Wildman–Crippen LogP) is 1.49. The summed E-state index contributed by atoms with van der Waals surface area (Å²) in [7, 11) is 0. The monoisotopic (exact) mass is 220 g/mol. The van der Waals surface area contributed by atoms with Gasteiger partial charge in [-0.2, -0.15) is 0 Å². The number of hydrogen-bond donors (Lipinski definition) is 0. The summed E-state index contributed by atoms with van der Waals surface area (Å²) in [5.41, 5.74) is -0.586. The van der Waals surface area contributed by atoms with Crippen LogP contribution in [0.2, 0.25) is 5.02 Å². The number of para-hydroxylation sites is 1. The topological polar surface area (TPSA) is 83.3 Å². The van der Waals surface area contributed by atoms with Gasteiger partial charge in [0.2, 0.25) is 0 Å². The van der Waals surface area contributed by atoms with Gasteiger partial charge in [-0.1, -0.05) is 17.7 Å². The van der Waals surface area contributed by atoms with Gasteiger partial charge in [-0.25, -0.2) is 0 Å². The summed E-state index contributed by atoms with van der Waals surface area (Å²) >= 11 is 2.81. The largest absolute Gasteiger partial charge is 0.768 e. The average molecular weight is 221 g/mol. The van der Waals surface area contributed by atoms with Gasteiger partial charge in [0.25, 0.3) is 0 Å². The first-order chi connectivity index (χ1) is 6.04. The maximum atomic E-state index is 10.5. The fourth-order valence-corrected chi connectivity index (χ4v) is 1.64. The van der Waals surface area contributed by atoms with Crippen LogP contribution >= 0.6 is 11.6 Å². The zero-order valence-electron chi connectivity index (χ0n) is 6.10. The van der Waals surface area contributed by atoms with Crippen molar-refractivity contribution in [2.45, 2.75) is 4.90 Å². The number of nitro benzene ring substituents is 1. The minimum atomic E-state index is -2.65. The van der Waals surface area contributed by atoms with E-state index >= 15 is 0 Å². The predicted molar refractivity (Wildman–Crippen MR) is 45.3 cm³/mol. The van der Waals surface area contributed by atoms with Gasteiger partial charge in [0.15, 0.2) is 0 Å². The molecule has 0 fully saturated rings. The molecule has 0 heterocycles. The van der Waals surface area contributed by atoms with E-state index in [1.807, 2.05) is 0 Å². The van der Waals surface area contributed by atoms with Crippen molar-refractivity contribution in [1.82, 2.24) is 0 Å². The smallest absolute Gasteiger partial charge is 0.302 e. The molecule has 5 nitrogen and oxygen atoms in total. The molecule has 0 amide bonds. The molecule has 0 aromatic heterocycles. The molecule has 1 rings (SSSR count). The third kappa shape index (κ3) is 2.03. The third-order valence-corrected chi connectivity index (χ3v) is 2.31. The van der Waals surface area contributed by atoms with E-state index in [0.29, 0.717) is 0 Å². The summed E-state index contributed by atoms with van der Waals surface area (Å²) in [6, 6.07) is 3.71. The second kappa shape index (κ2) is 3.82. The van der Waals surface area contributed by atoms with Crippen molar-refractivity contribution in [2.75, 3.05) is 0 Å². The summed E-state index contributed by atoms with van der Waals surface area (Å²) in [4.78, 5) is 9.16. The van der Waals surface area contributed by atoms with Gasteiger partial charge >= 0.3 is 5.69 Å². The summed E-state index contributed by atoms with van der Waals surface area (Å²) in [6.45, 7) is 0. The Labute approximate surface area is 80.8 Å². The lowest BCUT2D eigenvalue weighted by Crippen LogP contribution is -1.98. The van der Waals surface area contributed by atoms with Gasteiger partial charge in [-0.15, -0.1) is 0 Å². The Balaban J connectivity index is 3.43. The van der Waals surface area contributed by atoms with Crippen molar-refractivity contribution < 1.29 is 13.7 Å². The van der Waals surface area contributed by atoms with Crippen molar-refractivity contribution in [2.24, 2.45) is 0 Å². The van der Waals surface area contributed by atoms with Crippen LogP contribution in [0, 0.1) is 10.1 Å². The quantitative estimate of drug-likeness (QED) is 0.429. The zero-order valence-corrected chi connectivity index (χ0v) is 7.67. The molecule has 1 atom stereocenters. The molecule has 0 N–H and O–H groups in total. The molecule has 13 heavy (non-hydrogen) atoms. The van der Waals surface area contributed by atoms with Crippen molar-refractivity contribution in [3.63, 3.8) is 0 Å². The highest BCUT2D eigenvalue weighted by Gasteiger charge is 2.18. The number of benzene rings is 1. The Kier molecular flexibility index (Phi) is 2.97. The summed E-state index contributed by atoms with van der Waals surface area (Å²) in [5.74, 6) is 0. The van der Waals surface area contributed by atoms with Crippen LogP contribution in [-0.4, -0.2) is 13.7 Å². The Morgan fingerprint density at radius 1 is 1.46 bits per heavy atom. The lowest BCUT2D eigenvalue weighted by atomic mass is 10.3. The minimum absolute atomic E-state index is 0.188. The minimum Gasteiger partial charge on any atom is -0.768 e. The second-order valence-electron chi connectivity index (χ2n) is 2.08. The van der Waals surface area contributed by atoms with Gasteiger partial charge in [-0.3, -0.25) is 14.3 Å². The molecule has 1 aromatic rings. The van der Waals surface area contributed by atoms with E-state index in [1.54, 1.807) is 0 Å². The van der Waals surface area contributed by atoms with E-state index in [1.165, 1.54) is 12.1 Å². The fourth-order valence-electron chi connectivity index (χ4n) is 0.807. The number of hydrogen-bond acceptors (Lipinski definition) is 4. The van der Waals surface area contributed by atoms with E-state index < -0.39 is 26.6 Å². The van der Waals surface area contributed by atoms with Gasteiger partial charge in [0.05, 0.1) is 4.92 Å². The van der Waals surface area contributed by atoms with E-state index in [4.69, 9.17) is 11.6 Å². The summed E-state index contributed by atoms with van der Waals surface area (Å²) in [6.07, 6.45) is 0. The molecule has 1 aromatic carbocycles. The van der Waals surface area contributed by atoms with Crippen molar-refractivity contribution in [3.05, 3.63) is 33.3 Å². The van der Waals surface area contributed by atoms with Gasteiger partial charge in [0, 0.05) is 0 Å². The molecule has 7 heteroatoms. The maximum Gasteiger partial charge on any atom is 0.302 e. The number of rotatable bonds is 2. The number of nitro groups is 1. The van der Waals surface area contributed by atoms with Gasteiger partial charge in [-0.05, 0) is 23.2 Å². The highest BCUT2D eigenvalue weighted by molar-refractivity contribution is 7.79. The Morgan fingerprint density at radius 2 is 2.08 bits per heavy atom. The molecule has 0 aliphatic heterocycles. The van der Waals surface area contributed by atoms with Gasteiger partial charge < -0.3 is 4.55 Å².